The summed E-state index contributed by atoms with van der Waals surface area (Å²) in [6.07, 6.45) is 3.27. The number of aromatic nitrogens is 3. The Morgan fingerprint density at radius 3 is 3.05 bits per heavy atom. The molecule has 1 saturated heterocycles. The quantitative estimate of drug-likeness (QED) is 0.715. The number of amides is 1. The molecular weight excluding hydrogens is 284 g/mol. The minimum absolute atomic E-state index is 0.123. The Labute approximate surface area is 126 Å². The fraction of sp³-hybridized carbons (Fsp3) is 0.267. The molecule has 1 unspecified atom stereocenters. The number of hydrogen-bond acceptors (Lipinski definition) is 3. The van der Waals surface area contributed by atoms with Gasteiger partial charge in [-0.2, -0.15) is 0 Å². The summed E-state index contributed by atoms with van der Waals surface area (Å²) in [5, 5.41) is 4.07. The lowest BCUT2D eigenvalue weighted by Gasteiger charge is -2.12. The van der Waals surface area contributed by atoms with E-state index in [1.807, 2.05) is 24.4 Å². The van der Waals surface area contributed by atoms with E-state index >= 15 is 0 Å². The monoisotopic (exact) mass is 298 g/mol. The van der Waals surface area contributed by atoms with Crippen LogP contribution in [0.15, 0.2) is 30.5 Å². The second-order valence-electron chi connectivity index (χ2n) is 5.38. The average Bonchev–Trinajstić information content (AvgIpc) is 3.03. The zero-order valence-electron chi connectivity index (χ0n) is 11.3. The zero-order valence-corrected chi connectivity index (χ0v) is 12.1. The molecule has 1 amide bonds. The maximum absolute atomic E-state index is 11.4. The largest absolute Gasteiger partial charge is 0.352 e. The number of nitrogens with one attached hydrogen (secondary N) is 2. The number of imidazole rings is 1. The molecule has 6 heteroatoms. The molecule has 3 heterocycles. The van der Waals surface area contributed by atoms with E-state index in [0.717, 1.165) is 28.4 Å². The molecule has 1 aliphatic heterocycles. The van der Waals surface area contributed by atoms with E-state index in [9.17, 15) is 4.79 Å². The van der Waals surface area contributed by atoms with Crippen molar-refractivity contribution in [2.24, 2.45) is 0 Å². The molecule has 0 saturated carbocycles. The van der Waals surface area contributed by atoms with Gasteiger partial charge >= 0.3 is 0 Å². The van der Waals surface area contributed by atoms with E-state index in [1.54, 1.807) is 0 Å². The van der Waals surface area contributed by atoms with Gasteiger partial charge in [0.2, 0.25) is 5.91 Å². The summed E-state index contributed by atoms with van der Waals surface area (Å²) in [6, 6.07) is 8.17. The molecule has 21 heavy (non-hydrogen) atoms. The van der Waals surface area contributed by atoms with E-state index in [4.69, 9.17) is 12.2 Å². The molecule has 4 rings (SSSR count). The fourth-order valence-electron chi connectivity index (χ4n) is 3.00. The van der Waals surface area contributed by atoms with Crippen LogP contribution in [-0.2, 0) is 11.3 Å². The van der Waals surface area contributed by atoms with Crippen LogP contribution >= 0.6 is 12.2 Å². The normalized spacial score (nSPS) is 18.5. The predicted molar refractivity (Wildman–Crippen MR) is 83.6 cm³/mol. The maximum Gasteiger partial charge on any atom is 0.220 e. The highest BCUT2D eigenvalue weighted by atomic mass is 32.1. The first-order valence-corrected chi connectivity index (χ1v) is 7.39. The Morgan fingerprint density at radius 1 is 1.38 bits per heavy atom. The van der Waals surface area contributed by atoms with Gasteiger partial charge in [0, 0.05) is 24.4 Å². The van der Waals surface area contributed by atoms with E-state index in [-0.39, 0.29) is 11.9 Å². The van der Waals surface area contributed by atoms with Gasteiger partial charge in [0.15, 0.2) is 4.77 Å². The van der Waals surface area contributed by atoms with Crippen LogP contribution in [0.1, 0.15) is 12.8 Å². The topological polar surface area (TPSA) is 62.7 Å². The first-order valence-electron chi connectivity index (χ1n) is 6.98. The molecule has 1 atom stereocenters. The number of rotatable bonds is 2. The summed E-state index contributed by atoms with van der Waals surface area (Å²) in [4.78, 5) is 19.0. The van der Waals surface area contributed by atoms with Crippen molar-refractivity contribution in [1.29, 1.82) is 0 Å². The van der Waals surface area contributed by atoms with Crippen LogP contribution < -0.4 is 5.32 Å². The molecule has 106 valence electrons. The molecule has 0 spiro atoms. The SMILES string of the molecule is O=C1CCC(Cn2c(=S)[nH]c3cnc4ccccc4c32)N1. The van der Waals surface area contributed by atoms with Gasteiger partial charge < -0.3 is 14.9 Å². The van der Waals surface area contributed by atoms with Crippen LogP contribution in [-0.4, -0.2) is 26.5 Å². The lowest BCUT2D eigenvalue weighted by atomic mass is 10.2. The van der Waals surface area contributed by atoms with Gasteiger partial charge in [-0.25, -0.2) is 0 Å². The van der Waals surface area contributed by atoms with Crippen LogP contribution in [0.25, 0.3) is 21.9 Å². The summed E-state index contributed by atoms with van der Waals surface area (Å²) in [7, 11) is 0. The fourth-order valence-corrected chi connectivity index (χ4v) is 3.28. The van der Waals surface area contributed by atoms with E-state index in [2.05, 4.69) is 25.9 Å². The van der Waals surface area contributed by atoms with Crippen molar-refractivity contribution in [3.63, 3.8) is 0 Å². The van der Waals surface area contributed by atoms with E-state index in [1.165, 1.54) is 0 Å². The minimum atomic E-state index is 0.123. The Morgan fingerprint density at radius 2 is 2.24 bits per heavy atom. The minimum Gasteiger partial charge on any atom is -0.352 e. The predicted octanol–water partition coefficient (Wildman–Crippen LogP) is 2.53. The third kappa shape index (κ3) is 2.03. The summed E-state index contributed by atoms with van der Waals surface area (Å²) in [5.41, 5.74) is 2.94. The molecule has 0 radical (unpaired) electrons. The maximum atomic E-state index is 11.4. The van der Waals surface area contributed by atoms with Crippen molar-refractivity contribution < 1.29 is 4.79 Å². The van der Waals surface area contributed by atoms with Crippen molar-refractivity contribution in [2.75, 3.05) is 0 Å². The van der Waals surface area contributed by atoms with Gasteiger partial charge in [0.25, 0.3) is 0 Å². The smallest absolute Gasteiger partial charge is 0.220 e. The van der Waals surface area contributed by atoms with Crippen molar-refractivity contribution in [3.8, 4) is 0 Å². The number of carbonyl (C=O) groups is 1. The van der Waals surface area contributed by atoms with Gasteiger partial charge in [0.1, 0.15) is 0 Å². The second-order valence-corrected chi connectivity index (χ2v) is 5.77. The molecule has 0 aliphatic carbocycles. The number of benzene rings is 1. The van der Waals surface area contributed by atoms with Gasteiger partial charge in [0.05, 0.1) is 22.7 Å². The molecule has 2 N–H and O–H groups in total. The third-order valence-corrected chi connectivity index (χ3v) is 4.31. The Hall–Kier alpha value is -2.21. The molecule has 1 aliphatic rings. The van der Waals surface area contributed by atoms with Crippen LogP contribution in [0.2, 0.25) is 0 Å². The summed E-state index contributed by atoms with van der Waals surface area (Å²) < 4.78 is 2.75. The third-order valence-electron chi connectivity index (χ3n) is 3.99. The molecular formula is C15H14N4OS. The number of para-hydroxylation sites is 1. The van der Waals surface area contributed by atoms with Gasteiger partial charge in [-0.15, -0.1) is 0 Å². The highest BCUT2D eigenvalue weighted by Crippen LogP contribution is 2.24. The zero-order chi connectivity index (χ0) is 14.4. The number of fused-ring (bicyclic) bond motifs is 3. The number of hydrogen-bond donors (Lipinski definition) is 2. The lowest BCUT2D eigenvalue weighted by molar-refractivity contribution is -0.119. The summed E-state index contributed by atoms with van der Waals surface area (Å²) >= 11 is 5.45. The number of pyridine rings is 1. The van der Waals surface area contributed by atoms with Crippen molar-refractivity contribution >= 4 is 40.1 Å². The molecule has 0 bridgehead atoms. The van der Waals surface area contributed by atoms with Gasteiger partial charge in [-0.3, -0.25) is 9.78 Å². The Balaban J connectivity index is 1.91. The van der Waals surface area contributed by atoms with Crippen LogP contribution in [0, 0.1) is 4.77 Å². The van der Waals surface area contributed by atoms with Gasteiger partial charge in [-0.05, 0) is 24.7 Å². The summed E-state index contributed by atoms with van der Waals surface area (Å²) in [5.74, 6) is 0.123. The Kier molecular flexibility index (Phi) is 2.78. The number of nitrogens with zero attached hydrogens (tertiary/aromatic N) is 2. The van der Waals surface area contributed by atoms with Crippen LogP contribution in [0.3, 0.4) is 0 Å². The molecule has 3 aromatic rings. The van der Waals surface area contributed by atoms with Crippen LogP contribution in [0.5, 0.6) is 0 Å². The standard InChI is InChI=1S/C15H14N4OS/c20-13-6-5-9(17-13)8-19-14-10-3-1-2-4-11(10)16-7-12(14)18-15(19)21/h1-4,7,9H,5-6,8H2,(H,17,20)(H,18,21). The molecule has 2 aromatic heterocycles. The molecule has 5 nitrogen and oxygen atoms in total. The highest BCUT2D eigenvalue weighted by molar-refractivity contribution is 7.71. The van der Waals surface area contributed by atoms with Crippen molar-refractivity contribution in [3.05, 3.63) is 35.2 Å². The van der Waals surface area contributed by atoms with Crippen molar-refractivity contribution in [2.45, 2.75) is 25.4 Å². The van der Waals surface area contributed by atoms with Crippen molar-refractivity contribution in [1.82, 2.24) is 19.9 Å². The number of carbonyl (C=O) groups excluding carboxylic acids is 1. The highest BCUT2D eigenvalue weighted by Gasteiger charge is 2.22. The number of H-pyrrole nitrogens is 1. The van der Waals surface area contributed by atoms with E-state index in [0.29, 0.717) is 17.7 Å². The second kappa shape index (κ2) is 4.66. The first-order chi connectivity index (χ1) is 10.2. The molecule has 1 fully saturated rings. The average molecular weight is 298 g/mol. The van der Waals surface area contributed by atoms with Gasteiger partial charge in [-0.1, -0.05) is 18.2 Å². The first kappa shape index (κ1) is 12.5. The lowest BCUT2D eigenvalue weighted by Crippen LogP contribution is -2.29. The van der Waals surface area contributed by atoms with E-state index < -0.39 is 0 Å². The molecule has 1 aromatic carbocycles. The summed E-state index contributed by atoms with van der Waals surface area (Å²) in [6.45, 7) is 0.693. The number of aromatic amines is 1. The van der Waals surface area contributed by atoms with Crippen LogP contribution in [0.4, 0.5) is 0 Å². The Bertz CT molecular complexity index is 911.